The van der Waals surface area contributed by atoms with Gasteiger partial charge in [0.15, 0.2) is 0 Å². The molecule has 8 heteroatoms. The highest BCUT2D eigenvalue weighted by Crippen LogP contribution is 2.32. The molecule has 0 bridgehead atoms. The van der Waals surface area contributed by atoms with Crippen LogP contribution in [0.5, 0.6) is 0 Å². The van der Waals surface area contributed by atoms with Crippen molar-refractivity contribution >= 4 is 29.3 Å². The third kappa shape index (κ3) is 7.30. The van der Waals surface area contributed by atoms with E-state index in [1.807, 2.05) is 18.2 Å². The number of amides is 4. The van der Waals surface area contributed by atoms with Crippen LogP contribution >= 0.6 is 0 Å². The first kappa shape index (κ1) is 25.7. The van der Waals surface area contributed by atoms with Crippen LogP contribution in [0.3, 0.4) is 0 Å². The van der Waals surface area contributed by atoms with Crippen LogP contribution in [0.15, 0.2) is 18.2 Å². The number of benzene rings is 1. The van der Waals surface area contributed by atoms with Gasteiger partial charge < -0.3 is 16.0 Å². The molecule has 0 aromatic heterocycles. The molecule has 4 N–H and O–H groups in total. The molecule has 1 aromatic rings. The van der Waals surface area contributed by atoms with Gasteiger partial charge in [-0.1, -0.05) is 57.4 Å². The number of rotatable bonds is 15. The summed E-state index contributed by atoms with van der Waals surface area (Å²) in [6.07, 6.45) is 12.8. The quantitative estimate of drug-likeness (QED) is 0.267. The highest BCUT2D eigenvalue weighted by molar-refractivity contribution is 6.06. The third-order valence-electron chi connectivity index (χ3n) is 6.75. The maximum Gasteiger partial charge on any atom is 0.255 e. The second-order valence-electron chi connectivity index (χ2n) is 9.41. The molecule has 2 aliphatic heterocycles. The first-order valence-corrected chi connectivity index (χ1v) is 12.8. The summed E-state index contributed by atoms with van der Waals surface area (Å²) in [5.41, 5.74) is 7.68. The average molecular weight is 471 g/mol. The van der Waals surface area contributed by atoms with Gasteiger partial charge in [0, 0.05) is 42.7 Å². The van der Waals surface area contributed by atoms with Crippen LogP contribution in [0, 0.1) is 0 Å². The molecule has 0 spiro atoms. The number of hydrogen-bond acceptors (Lipinski definition) is 5. The first-order valence-electron chi connectivity index (χ1n) is 12.8. The topological polar surface area (TPSA) is 122 Å². The van der Waals surface area contributed by atoms with Gasteiger partial charge in [0.2, 0.25) is 17.7 Å². The molecule has 34 heavy (non-hydrogen) atoms. The summed E-state index contributed by atoms with van der Waals surface area (Å²) in [7, 11) is 0. The Bertz CT molecular complexity index is 886. The molecule has 3 rings (SSSR count). The molecule has 8 nitrogen and oxygen atoms in total. The van der Waals surface area contributed by atoms with Gasteiger partial charge in [-0.25, -0.2) is 0 Å². The lowest BCUT2D eigenvalue weighted by Gasteiger charge is -2.29. The Labute approximate surface area is 202 Å². The summed E-state index contributed by atoms with van der Waals surface area (Å²) in [5.74, 6) is -0.991. The fourth-order valence-electron chi connectivity index (χ4n) is 4.81. The van der Waals surface area contributed by atoms with Crippen LogP contribution < -0.4 is 16.4 Å². The van der Waals surface area contributed by atoms with Crippen molar-refractivity contribution in [3.05, 3.63) is 29.3 Å². The fraction of sp³-hybridized carbons (Fsp3) is 0.615. The molecule has 2 heterocycles. The van der Waals surface area contributed by atoms with Gasteiger partial charge in [0.25, 0.3) is 5.91 Å². The summed E-state index contributed by atoms with van der Waals surface area (Å²) < 4.78 is 0. The number of nitrogens with two attached hydrogens (primary N) is 1. The van der Waals surface area contributed by atoms with E-state index in [1.54, 1.807) is 4.90 Å². The monoisotopic (exact) mass is 470 g/mol. The fourth-order valence-corrected chi connectivity index (χ4v) is 4.81. The predicted octanol–water partition coefficient (Wildman–Crippen LogP) is 3.64. The minimum absolute atomic E-state index is 0.138. The zero-order valence-electron chi connectivity index (χ0n) is 20.1. The normalized spacial score (nSPS) is 17.6. The van der Waals surface area contributed by atoms with Crippen molar-refractivity contribution in [1.29, 1.82) is 0 Å². The maximum absolute atomic E-state index is 12.9. The second kappa shape index (κ2) is 13.1. The minimum atomic E-state index is -0.583. The Balaban J connectivity index is 1.31. The Kier molecular flexibility index (Phi) is 9.91. The van der Waals surface area contributed by atoms with Crippen molar-refractivity contribution in [3.8, 4) is 0 Å². The van der Waals surface area contributed by atoms with Crippen LogP contribution in [0.1, 0.15) is 99.4 Å². The molecule has 1 saturated heterocycles. The van der Waals surface area contributed by atoms with Gasteiger partial charge in [-0.2, -0.15) is 0 Å². The van der Waals surface area contributed by atoms with Crippen molar-refractivity contribution in [2.75, 3.05) is 11.9 Å². The molecule has 0 saturated carbocycles. The zero-order valence-corrected chi connectivity index (χ0v) is 20.1. The summed E-state index contributed by atoms with van der Waals surface area (Å²) >= 11 is 0. The van der Waals surface area contributed by atoms with Gasteiger partial charge >= 0.3 is 0 Å². The smallest absolute Gasteiger partial charge is 0.255 e. The summed E-state index contributed by atoms with van der Waals surface area (Å²) in [4.78, 5) is 48.9. The number of nitrogens with one attached hydrogen (secondary N) is 2. The van der Waals surface area contributed by atoms with Gasteiger partial charge in [-0.15, -0.1) is 0 Å². The molecule has 1 unspecified atom stereocenters. The lowest BCUT2D eigenvalue weighted by molar-refractivity contribution is -0.137. The Hall–Kier alpha value is -2.90. The van der Waals surface area contributed by atoms with Gasteiger partial charge in [-0.3, -0.25) is 24.5 Å². The molecule has 4 amide bonds. The molecular formula is C26H38N4O4. The van der Waals surface area contributed by atoms with Crippen LogP contribution in [0.25, 0.3) is 0 Å². The number of hydrogen-bond donors (Lipinski definition) is 3. The molecular weight excluding hydrogens is 432 g/mol. The maximum atomic E-state index is 12.9. The van der Waals surface area contributed by atoms with Crippen molar-refractivity contribution in [2.24, 2.45) is 5.73 Å². The van der Waals surface area contributed by atoms with Crippen molar-refractivity contribution in [1.82, 2.24) is 10.2 Å². The molecule has 1 aromatic carbocycles. The van der Waals surface area contributed by atoms with Crippen molar-refractivity contribution < 1.29 is 19.2 Å². The Morgan fingerprint density at radius 3 is 2.26 bits per heavy atom. The molecule has 186 valence electrons. The largest absolute Gasteiger partial charge is 0.385 e. The van der Waals surface area contributed by atoms with E-state index in [0.29, 0.717) is 24.9 Å². The number of primary amides is 1. The molecule has 2 aliphatic rings. The van der Waals surface area contributed by atoms with Crippen LogP contribution in [0.2, 0.25) is 0 Å². The molecule has 1 atom stereocenters. The summed E-state index contributed by atoms with van der Waals surface area (Å²) in [6.45, 7) is 1.25. The summed E-state index contributed by atoms with van der Waals surface area (Å²) in [6, 6.07) is 5.09. The summed E-state index contributed by atoms with van der Waals surface area (Å²) in [5, 5.41) is 5.83. The Morgan fingerprint density at radius 2 is 1.62 bits per heavy atom. The van der Waals surface area contributed by atoms with E-state index in [0.717, 1.165) is 37.1 Å². The second-order valence-corrected chi connectivity index (χ2v) is 9.41. The van der Waals surface area contributed by atoms with E-state index < -0.39 is 6.04 Å². The Morgan fingerprint density at radius 1 is 0.971 bits per heavy atom. The third-order valence-corrected chi connectivity index (χ3v) is 6.75. The zero-order chi connectivity index (χ0) is 24.3. The molecule has 1 fully saturated rings. The van der Waals surface area contributed by atoms with Crippen LogP contribution in [-0.2, 0) is 20.9 Å². The van der Waals surface area contributed by atoms with E-state index in [9.17, 15) is 19.2 Å². The highest BCUT2D eigenvalue weighted by atomic mass is 16.2. The lowest BCUT2D eigenvalue weighted by Crippen LogP contribution is -2.52. The van der Waals surface area contributed by atoms with E-state index in [2.05, 4.69) is 10.6 Å². The number of anilines is 1. The van der Waals surface area contributed by atoms with Gasteiger partial charge in [0.1, 0.15) is 6.04 Å². The minimum Gasteiger partial charge on any atom is -0.385 e. The van der Waals surface area contributed by atoms with Crippen LogP contribution in [-0.4, -0.2) is 41.1 Å². The number of carbonyl (C=O) groups excluding carboxylic acids is 4. The predicted molar refractivity (Wildman–Crippen MR) is 131 cm³/mol. The number of fused-ring (bicyclic) bond motifs is 1. The van der Waals surface area contributed by atoms with Gasteiger partial charge in [0.05, 0.1) is 0 Å². The number of nitrogens with zero attached hydrogens (tertiary/aromatic N) is 1. The lowest BCUT2D eigenvalue weighted by atomic mass is 10.0. The van der Waals surface area contributed by atoms with Gasteiger partial charge in [-0.05, 0) is 31.4 Å². The number of unbranched alkanes of at least 4 members (excludes halogenated alkanes) is 9. The SMILES string of the molecule is NC(=O)CCCCCCCCCCCCNc1cccc2c1CN(C1CCC(=O)NC1=O)C2=O. The van der Waals surface area contributed by atoms with Crippen molar-refractivity contribution in [2.45, 2.75) is 96.1 Å². The first-order chi connectivity index (χ1) is 16.5. The standard InChI is InChI=1S/C26H38N4O4/c27-23(31)14-9-7-5-3-1-2-4-6-8-10-17-28-21-13-11-12-19-20(21)18-30(26(19)34)22-15-16-24(32)29-25(22)33/h11-13,22,28H,1-10,14-18H2,(H2,27,31)(H,29,32,33). The number of carbonyl (C=O) groups is 4. The van der Waals surface area contributed by atoms with E-state index in [4.69, 9.17) is 5.73 Å². The van der Waals surface area contributed by atoms with E-state index in [1.165, 1.54) is 44.9 Å². The van der Waals surface area contributed by atoms with Crippen LogP contribution in [0.4, 0.5) is 5.69 Å². The highest BCUT2D eigenvalue weighted by Gasteiger charge is 2.39. The van der Waals surface area contributed by atoms with Crippen molar-refractivity contribution in [3.63, 3.8) is 0 Å². The van der Waals surface area contributed by atoms with E-state index >= 15 is 0 Å². The van der Waals surface area contributed by atoms with E-state index in [-0.39, 0.29) is 30.0 Å². The average Bonchev–Trinajstić information content (AvgIpc) is 3.14. The molecule has 0 aliphatic carbocycles. The number of piperidine rings is 1. The number of imide groups is 1. The molecule has 0 radical (unpaired) electrons.